The summed E-state index contributed by atoms with van der Waals surface area (Å²) < 4.78 is 27.4. The zero-order valence-electron chi connectivity index (χ0n) is 10.2. The minimum absolute atomic E-state index is 0.0164. The first-order chi connectivity index (χ1) is 9.51. The quantitative estimate of drug-likeness (QED) is 0.875. The van der Waals surface area contributed by atoms with Crippen molar-refractivity contribution in [1.82, 2.24) is 10.2 Å². The maximum Gasteiger partial charge on any atom is 0.286 e. The van der Waals surface area contributed by atoms with E-state index in [4.69, 9.17) is 0 Å². The molecule has 0 aliphatic rings. The van der Waals surface area contributed by atoms with E-state index in [1.54, 1.807) is 0 Å². The van der Waals surface area contributed by atoms with Crippen LogP contribution < -0.4 is 10.6 Å². The fourth-order valence-electron chi connectivity index (χ4n) is 1.37. The molecule has 0 unspecified atom stereocenters. The molecular formula is C11H9BrF2N4OS. The number of nitrogens with one attached hydrogen (secondary N) is 2. The van der Waals surface area contributed by atoms with Crippen molar-refractivity contribution in [3.8, 4) is 0 Å². The molecule has 2 rings (SSSR count). The Morgan fingerprint density at radius 3 is 2.60 bits per heavy atom. The van der Waals surface area contributed by atoms with Crippen molar-refractivity contribution < 1.29 is 13.6 Å². The van der Waals surface area contributed by atoms with E-state index in [9.17, 15) is 13.6 Å². The van der Waals surface area contributed by atoms with Crippen LogP contribution in [-0.4, -0.2) is 22.6 Å². The lowest BCUT2D eigenvalue weighted by molar-refractivity contribution is 0.102. The highest BCUT2D eigenvalue weighted by molar-refractivity contribution is 9.10. The predicted octanol–water partition coefficient (Wildman–Crippen LogP) is 3.26. The molecule has 0 saturated carbocycles. The molecular weight excluding hydrogens is 354 g/mol. The Morgan fingerprint density at radius 2 is 2.00 bits per heavy atom. The third-order valence-corrected chi connectivity index (χ3v) is 3.53. The Balaban J connectivity index is 2.19. The van der Waals surface area contributed by atoms with Crippen LogP contribution in [0.15, 0.2) is 16.6 Å². The molecule has 0 atom stereocenters. The van der Waals surface area contributed by atoms with Crippen LogP contribution in [0.25, 0.3) is 0 Å². The van der Waals surface area contributed by atoms with Gasteiger partial charge < -0.3 is 10.6 Å². The highest BCUT2D eigenvalue weighted by atomic mass is 79.9. The molecule has 1 amide bonds. The highest BCUT2D eigenvalue weighted by Crippen LogP contribution is 2.25. The van der Waals surface area contributed by atoms with Crippen molar-refractivity contribution in [3.05, 3.63) is 33.2 Å². The van der Waals surface area contributed by atoms with Gasteiger partial charge in [0, 0.05) is 11.0 Å². The van der Waals surface area contributed by atoms with Gasteiger partial charge in [-0.2, -0.15) is 0 Å². The minimum atomic E-state index is -0.873. The van der Waals surface area contributed by atoms with Crippen molar-refractivity contribution in [1.29, 1.82) is 0 Å². The number of rotatable bonds is 4. The zero-order valence-corrected chi connectivity index (χ0v) is 12.6. The summed E-state index contributed by atoms with van der Waals surface area (Å²) in [6.07, 6.45) is 0. The van der Waals surface area contributed by atoms with Crippen LogP contribution in [0.1, 0.15) is 16.7 Å². The first-order valence-corrected chi connectivity index (χ1v) is 7.15. The molecule has 1 aromatic carbocycles. The fourth-order valence-corrected chi connectivity index (χ4v) is 2.47. The molecule has 2 aromatic rings. The van der Waals surface area contributed by atoms with E-state index in [1.165, 1.54) is 0 Å². The summed E-state index contributed by atoms with van der Waals surface area (Å²) >= 11 is 3.96. The number of hydrogen-bond acceptors (Lipinski definition) is 5. The molecule has 9 heteroatoms. The van der Waals surface area contributed by atoms with Gasteiger partial charge >= 0.3 is 0 Å². The van der Waals surface area contributed by atoms with Gasteiger partial charge in [-0.25, -0.2) is 8.78 Å². The van der Waals surface area contributed by atoms with Crippen molar-refractivity contribution in [2.45, 2.75) is 6.92 Å². The van der Waals surface area contributed by atoms with Gasteiger partial charge in [-0.05, 0) is 19.1 Å². The summed E-state index contributed by atoms with van der Waals surface area (Å²) in [5.74, 6) is -2.46. The predicted molar refractivity (Wildman–Crippen MR) is 76.1 cm³/mol. The first kappa shape index (κ1) is 14.8. The second kappa shape index (κ2) is 6.23. The number of halogens is 3. The van der Waals surface area contributed by atoms with Crippen molar-refractivity contribution in [3.63, 3.8) is 0 Å². The highest BCUT2D eigenvalue weighted by Gasteiger charge is 2.18. The molecule has 106 valence electrons. The van der Waals surface area contributed by atoms with Crippen molar-refractivity contribution in [2.75, 3.05) is 17.2 Å². The number of carbonyl (C=O) groups excluding carboxylic acids is 1. The van der Waals surface area contributed by atoms with Crippen LogP contribution in [0.2, 0.25) is 0 Å². The van der Waals surface area contributed by atoms with Gasteiger partial charge in [-0.3, -0.25) is 4.79 Å². The zero-order chi connectivity index (χ0) is 14.7. The van der Waals surface area contributed by atoms with Crippen LogP contribution in [-0.2, 0) is 0 Å². The third kappa shape index (κ3) is 3.28. The average molecular weight is 363 g/mol. The summed E-state index contributed by atoms with van der Waals surface area (Å²) in [6.45, 7) is 2.50. The monoisotopic (exact) mass is 362 g/mol. The Bertz CT molecular complexity index is 626. The number of amides is 1. The van der Waals surface area contributed by atoms with E-state index >= 15 is 0 Å². The molecule has 5 nitrogen and oxygen atoms in total. The molecule has 0 fully saturated rings. The average Bonchev–Trinajstić information content (AvgIpc) is 2.82. The van der Waals surface area contributed by atoms with E-state index in [0.29, 0.717) is 11.7 Å². The normalized spacial score (nSPS) is 10.4. The summed E-state index contributed by atoms with van der Waals surface area (Å²) in [5, 5.41) is 12.9. The van der Waals surface area contributed by atoms with Gasteiger partial charge in [0.2, 0.25) is 10.1 Å². The van der Waals surface area contributed by atoms with Gasteiger partial charge in [0.05, 0.1) is 0 Å². The van der Waals surface area contributed by atoms with Crippen LogP contribution in [0.3, 0.4) is 0 Å². The topological polar surface area (TPSA) is 66.9 Å². The van der Waals surface area contributed by atoms with Crippen LogP contribution in [0, 0.1) is 11.6 Å². The number of benzene rings is 1. The second-order valence-corrected chi connectivity index (χ2v) is 5.53. The standard InChI is InChI=1S/C11H9BrF2N4OS/c1-2-15-11-18-17-10(20-11)9(19)16-8-6(13)3-5(12)4-7(8)14/h3-4H,2H2,1H3,(H,15,18)(H,16,19). The summed E-state index contributed by atoms with van der Waals surface area (Å²) in [5.41, 5.74) is -0.515. The van der Waals surface area contributed by atoms with Gasteiger partial charge in [0.25, 0.3) is 5.91 Å². The lowest BCUT2D eigenvalue weighted by Crippen LogP contribution is -2.14. The Labute approximate surface area is 125 Å². The summed E-state index contributed by atoms with van der Waals surface area (Å²) in [6, 6.07) is 2.12. The molecule has 1 aromatic heterocycles. The molecule has 0 spiro atoms. The van der Waals surface area contributed by atoms with E-state index < -0.39 is 23.2 Å². The van der Waals surface area contributed by atoms with E-state index in [1.807, 2.05) is 6.92 Å². The summed E-state index contributed by atoms with van der Waals surface area (Å²) in [7, 11) is 0. The molecule has 0 radical (unpaired) electrons. The lowest BCUT2D eigenvalue weighted by Gasteiger charge is -2.06. The molecule has 0 bridgehead atoms. The second-order valence-electron chi connectivity index (χ2n) is 3.64. The minimum Gasteiger partial charge on any atom is -0.360 e. The van der Waals surface area contributed by atoms with Gasteiger partial charge in [0.1, 0.15) is 5.69 Å². The Hall–Kier alpha value is -1.61. The largest absolute Gasteiger partial charge is 0.360 e. The Morgan fingerprint density at radius 1 is 1.35 bits per heavy atom. The number of anilines is 2. The van der Waals surface area contributed by atoms with Crippen LogP contribution >= 0.6 is 27.3 Å². The van der Waals surface area contributed by atoms with Gasteiger partial charge in [-0.1, -0.05) is 27.3 Å². The molecule has 0 saturated heterocycles. The van der Waals surface area contributed by atoms with E-state index in [-0.39, 0.29) is 9.48 Å². The maximum absolute atomic E-state index is 13.6. The van der Waals surface area contributed by atoms with Crippen LogP contribution in [0.4, 0.5) is 19.6 Å². The van der Waals surface area contributed by atoms with E-state index in [0.717, 1.165) is 23.5 Å². The molecule has 0 aliphatic carbocycles. The number of nitrogens with zero attached hydrogens (tertiary/aromatic N) is 2. The van der Waals surface area contributed by atoms with Crippen molar-refractivity contribution >= 4 is 44.0 Å². The van der Waals surface area contributed by atoms with Crippen molar-refractivity contribution in [2.24, 2.45) is 0 Å². The van der Waals surface area contributed by atoms with Gasteiger partial charge in [0.15, 0.2) is 11.6 Å². The SMILES string of the molecule is CCNc1nnc(C(=O)Nc2c(F)cc(Br)cc2F)s1. The third-order valence-electron chi connectivity index (χ3n) is 2.19. The first-order valence-electron chi connectivity index (χ1n) is 5.54. The Kier molecular flexibility index (Phi) is 4.61. The molecule has 20 heavy (non-hydrogen) atoms. The smallest absolute Gasteiger partial charge is 0.286 e. The lowest BCUT2D eigenvalue weighted by atomic mass is 10.3. The number of carbonyl (C=O) groups is 1. The fraction of sp³-hybridized carbons (Fsp3) is 0.182. The summed E-state index contributed by atoms with van der Waals surface area (Å²) in [4.78, 5) is 11.8. The molecule has 2 N–H and O–H groups in total. The number of hydrogen-bond donors (Lipinski definition) is 2. The number of aromatic nitrogens is 2. The van der Waals surface area contributed by atoms with Gasteiger partial charge in [-0.15, -0.1) is 10.2 Å². The molecule has 1 heterocycles. The molecule has 0 aliphatic heterocycles. The van der Waals surface area contributed by atoms with Crippen LogP contribution in [0.5, 0.6) is 0 Å². The maximum atomic E-state index is 13.6. The van der Waals surface area contributed by atoms with E-state index in [2.05, 4.69) is 36.8 Å².